The van der Waals surface area contributed by atoms with E-state index in [9.17, 15) is 4.79 Å². The Hall–Kier alpha value is -0.370. The van der Waals surface area contributed by atoms with Crippen LogP contribution in [0.2, 0.25) is 0 Å². The highest BCUT2D eigenvalue weighted by Crippen LogP contribution is 2.75. The van der Waals surface area contributed by atoms with Crippen molar-refractivity contribution >= 4 is 6.29 Å². The summed E-state index contributed by atoms with van der Waals surface area (Å²) in [4.78, 5) is 12.2. The molecule has 5 rings (SSSR count). The van der Waals surface area contributed by atoms with Gasteiger partial charge in [-0.15, -0.1) is 0 Å². The number of carbonyl (C=O) groups is 1. The van der Waals surface area contributed by atoms with E-state index in [1.807, 2.05) is 0 Å². The van der Waals surface area contributed by atoms with Gasteiger partial charge in [0.05, 0.1) is 0 Å². The summed E-state index contributed by atoms with van der Waals surface area (Å²) >= 11 is 0. The number of rotatable bonds is 1. The molecule has 1 N–H and O–H groups in total. The molecule has 28 heavy (non-hydrogen) atoms. The van der Waals surface area contributed by atoms with Gasteiger partial charge in [-0.2, -0.15) is 0 Å². The second kappa shape index (κ2) is 5.86. The van der Waals surface area contributed by atoms with E-state index >= 15 is 0 Å². The Morgan fingerprint density at radius 1 is 0.750 bits per heavy atom. The predicted octanol–water partition coefficient (Wildman–Crippen LogP) is 5.99. The smallest absolute Gasteiger partial charge is 0.126 e. The van der Waals surface area contributed by atoms with Crippen molar-refractivity contribution in [1.29, 1.82) is 0 Å². The second-order valence-electron chi connectivity index (χ2n) is 12.9. The van der Waals surface area contributed by atoms with E-state index in [1.165, 1.54) is 77.0 Å². The third kappa shape index (κ3) is 2.17. The van der Waals surface area contributed by atoms with Crippen molar-refractivity contribution in [3.63, 3.8) is 0 Å². The van der Waals surface area contributed by atoms with Crippen LogP contribution in [0.1, 0.15) is 98.8 Å². The third-order valence-corrected chi connectivity index (χ3v) is 12.0. The molecule has 5 fully saturated rings. The molecule has 0 aromatic rings. The van der Waals surface area contributed by atoms with E-state index in [4.69, 9.17) is 0 Å². The maximum absolute atomic E-state index is 12.2. The molecular weight excluding hydrogens is 342 g/mol. The van der Waals surface area contributed by atoms with Crippen molar-refractivity contribution in [3.05, 3.63) is 0 Å². The first-order chi connectivity index (χ1) is 13.1. The van der Waals surface area contributed by atoms with Crippen LogP contribution in [-0.4, -0.2) is 18.4 Å². The van der Waals surface area contributed by atoms with Crippen LogP contribution in [0.15, 0.2) is 0 Å². The van der Waals surface area contributed by atoms with Crippen LogP contribution >= 0.6 is 0 Å². The topological polar surface area (TPSA) is 29.1 Å². The fourth-order valence-electron chi connectivity index (χ4n) is 10.5. The highest BCUT2D eigenvalue weighted by Gasteiger charge is 2.69. The number of hydrogen-bond acceptors (Lipinski definition) is 2. The van der Waals surface area contributed by atoms with Crippen LogP contribution in [-0.2, 0) is 4.79 Å². The summed E-state index contributed by atoms with van der Waals surface area (Å²) in [5.74, 6) is 3.12. The van der Waals surface area contributed by atoms with Crippen LogP contribution in [0.4, 0.5) is 0 Å². The van der Waals surface area contributed by atoms with Crippen molar-refractivity contribution in [3.8, 4) is 0 Å². The normalized spacial score (nSPS) is 57.5. The molecule has 0 aromatic heterocycles. The van der Waals surface area contributed by atoms with Crippen molar-refractivity contribution in [2.75, 3.05) is 6.54 Å². The Morgan fingerprint density at radius 2 is 1.54 bits per heavy atom. The molecule has 0 radical (unpaired) electrons. The predicted molar refractivity (Wildman–Crippen MR) is 115 cm³/mol. The fourth-order valence-corrected chi connectivity index (χ4v) is 10.5. The van der Waals surface area contributed by atoms with Gasteiger partial charge in [-0.05, 0) is 118 Å². The zero-order valence-corrected chi connectivity index (χ0v) is 19.1. The van der Waals surface area contributed by atoms with E-state index in [-0.39, 0.29) is 11.0 Å². The summed E-state index contributed by atoms with van der Waals surface area (Å²) in [6.07, 6.45) is 14.6. The molecule has 0 aromatic carbocycles. The minimum Gasteiger partial charge on any atom is -0.311 e. The molecule has 2 nitrogen and oxygen atoms in total. The first-order valence-electron chi connectivity index (χ1n) is 12.3. The van der Waals surface area contributed by atoms with Crippen LogP contribution in [0.5, 0.6) is 0 Å². The zero-order chi connectivity index (χ0) is 20.0. The van der Waals surface area contributed by atoms with E-state index in [0.29, 0.717) is 22.2 Å². The Kier molecular flexibility index (Phi) is 4.10. The monoisotopic (exact) mass is 385 g/mol. The minimum atomic E-state index is 0.0469. The summed E-state index contributed by atoms with van der Waals surface area (Å²) in [5, 5.41) is 3.86. The molecule has 1 heterocycles. The quantitative estimate of drug-likeness (QED) is 0.561. The van der Waals surface area contributed by atoms with Gasteiger partial charge in [0.15, 0.2) is 0 Å². The van der Waals surface area contributed by atoms with Crippen molar-refractivity contribution < 1.29 is 4.79 Å². The van der Waals surface area contributed by atoms with Gasteiger partial charge in [-0.3, -0.25) is 0 Å². The molecule has 5 aliphatic rings. The molecular formula is C26H43NO. The minimum absolute atomic E-state index is 0.0469. The molecule has 0 unspecified atom stereocenters. The van der Waals surface area contributed by atoms with Gasteiger partial charge in [0.1, 0.15) is 6.29 Å². The standard InChI is InChI=1S/C26H43NO/c1-22(2)20-10-12-25(5)21(23(20,3)15-16-27-22)9-8-18-19-7-6-11-26(19,17-28)14-13-24(18,25)4/h17-21,27H,6-16H2,1-5H3/t18-,19-,20+,21-,23+,24-,25-,26-/m1/s1. The lowest BCUT2D eigenvalue weighted by atomic mass is 9.33. The summed E-state index contributed by atoms with van der Waals surface area (Å²) in [6.45, 7) is 14.1. The van der Waals surface area contributed by atoms with Gasteiger partial charge in [-0.25, -0.2) is 0 Å². The summed E-state index contributed by atoms with van der Waals surface area (Å²) in [5.41, 5.74) is 1.68. The van der Waals surface area contributed by atoms with E-state index in [1.54, 1.807) is 0 Å². The first kappa shape index (κ1) is 19.6. The van der Waals surface area contributed by atoms with E-state index in [2.05, 4.69) is 39.9 Å². The molecule has 8 atom stereocenters. The number of fused-ring (bicyclic) bond motifs is 7. The Bertz CT molecular complexity index is 671. The van der Waals surface area contributed by atoms with Gasteiger partial charge < -0.3 is 10.1 Å². The fraction of sp³-hybridized carbons (Fsp3) is 0.962. The van der Waals surface area contributed by atoms with E-state index in [0.717, 1.165) is 17.8 Å². The van der Waals surface area contributed by atoms with Crippen LogP contribution in [0, 0.1) is 45.3 Å². The number of aldehydes is 1. The number of hydrogen-bond donors (Lipinski definition) is 1. The molecule has 0 amide bonds. The van der Waals surface area contributed by atoms with Crippen molar-refractivity contribution in [2.45, 2.75) is 104 Å². The number of piperidine rings is 1. The lowest BCUT2D eigenvalue weighted by molar-refractivity contribution is -0.225. The average Bonchev–Trinajstić information content (AvgIpc) is 3.06. The molecule has 158 valence electrons. The number of nitrogens with one attached hydrogen (secondary N) is 1. The highest BCUT2D eigenvalue weighted by atomic mass is 16.1. The van der Waals surface area contributed by atoms with Gasteiger partial charge in [0.2, 0.25) is 0 Å². The SMILES string of the molecule is CC1(C)NCC[C@]2(C)[C@H]3CC[C@@H]4[C@H]5CCC[C@]5(C=O)CC[C@@]4(C)[C@]3(C)CC[C@@H]12. The third-order valence-electron chi connectivity index (χ3n) is 12.0. The molecule has 0 spiro atoms. The lowest BCUT2D eigenvalue weighted by Crippen LogP contribution is -2.68. The Balaban J connectivity index is 1.54. The van der Waals surface area contributed by atoms with Crippen LogP contribution in [0.3, 0.4) is 0 Å². The molecule has 4 saturated carbocycles. The van der Waals surface area contributed by atoms with Crippen LogP contribution in [0.25, 0.3) is 0 Å². The van der Waals surface area contributed by atoms with Gasteiger partial charge in [-0.1, -0.05) is 27.2 Å². The van der Waals surface area contributed by atoms with E-state index < -0.39 is 0 Å². The lowest BCUT2D eigenvalue weighted by Gasteiger charge is -2.72. The van der Waals surface area contributed by atoms with Crippen LogP contribution < -0.4 is 5.32 Å². The summed E-state index contributed by atoms with van der Waals surface area (Å²) < 4.78 is 0. The van der Waals surface area contributed by atoms with Gasteiger partial charge in [0.25, 0.3) is 0 Å². The number of carbonyl (C=O) groups excluding carboxylic acids is 1. The first-order valence-corrected chi connectivity index (χ1v) is 12.3. The Labute approximate surface area is 173 Å². The van der Waals surface area contributed by atoms with Gasteiger partial charge >= 0.3 is 0 Å². The largest absolute Gasteiger partial charge is 0.311 e. The maximum Gasteiger partial charge on any atom is 0.126 e. The van der Waals surface area contributed by atoms with Gasteiger partial charge in [0, 0.05) is 11.0 Å². The molecule has 0 bridgehead atoms. The average molecular weight is 386 g/mol. The Morgan fingerprint density at radius 3 is 2.29 bits per heavy atom. The summed E-state index contributed by atoms with van der Waals surface area (Å²) in [7, 11) is 0. The maximum atomic E-state index is 12.2. The zero-order valence-electron chi connectivity index (χ0n) is 19.1. The molecule has 4 aliphatic carbocycles. The van der Waals surface area contributed by atoms with Crippen molar-refractivity contribution in [1.82, 2.24) is 5.32 Å². The highest BCUT2D eigenvalue weighted by molar-refractivity contribution is 5.61. The molecule has 2 heteroatoms. The molecule has 1 aliphatic heterocycles. The second-order valence-corrected chi connectivity index (χ2v) is 12.9. The van der Waals surface area contributed by atoms with Crippen molar-refractivity contribution in [2.24, 2.45) is 45.3 Å². The summed E-state index contributed by atoms with van der Waals surface area (Å²) in [6, 6.07) is 0. The molecule has 1 saturated heterocycles.